The number of fused-ring (bicyclic) bond motifs is 3. The molecule has 2 aromatic carbocycles. The Bertz CT molecular complexity index is 1640. The lowest BCUT2D eigenvalue weighted by Crippen LogP contribution is -2.53. The first-order valence-electron chi connectivity index (χ1n) is 11.5. The third kappa shape index (κ3) is 5.32. The van der Waals surface area contributed by atoms with Gasteiger partial charge in [-0.25, -0.2) is 12.9 Å². The maximum atomic E-state index is 12.5. The number of benzene rings is 2. The molecule has 0 aliphatic carbocycles. The van der Waals surface area contributed by atoms with Crippen molar-refractivity contribution in [2.75, 3.05) is 12.3 Å². The van der Waals surface area contributed by atoms with Gasteiger partial charge in [0.25, 0.3) is 15.1 Å². The van der Waals surface area contributed by atoms with E-state index >= 15 is 0 Å². The predicted molar refractivity (Wildman–Crippen MR) is 147 cm³/mol. The maximum Gasteiger partial charge on any atom is 0.269 e. The molecule has 2 atom stereocenters. The van der Waals surface area contributed by atoms with Crippen LogP contribution in [0.4, 0.5) is 5.69 Å². The van der Waals surface area contributed by atoms with Gasteiger partial charge in [-0.2, -0.15) is 13.0 Å². The average Bonchev–Trinajstić information content (AvgIpc) is 3.47. The monoisotopic (exact) mass is 621 g/mol. The lowest BCUT2D eigenvalue weighted by Gasteiger charge is -2.36. The molecule has 0 bridgehead atoms. The largest absolute Gasteiger partial charge is 0.743 e. The van der Waals surface area contributed by atoms with Crippen LogP contribution in [0.2, 0.25) is 10.0 Å². The van der Waals surface area contributed by atoms with Crippen molar-refractivity contribution in [2.45, 2.75) is 42.5 Å². The van der Waals surface area contributed by atoms with Crippen molar-refractivity contribution in [3.8, 4) is 0 Å². The Kier molecular flexibility index (Phi) is 7.44. The highest BCUT2D eigenvalue weighted by Crippen LogP contribution is 2.57. The number of quaternary nitrogens is 1. The van der Waals surface area contributed by atoms with Crippen molar-refractivity contribution in [2.24, 2.45) is 0 Å². The summed E-state index contributed by atoms with van der Waals surface area (Å²) in [6.07, 6.45) is 3.53. The first-order chi connectivity index (χ1) is 17.4. The van der Waals surface area contributed by atoms with Crippen molar-refractivity contribution in [3.63, 3.8) is 0 Å². The van der Waals surface area contributed by atoms with Crippen LogP contribution in [-0.2, 0) is 26.8 Å². The van der Waals surface area contributed by atoms with Crippen LogP contribution < -0.4 is 9.05 Å². The number of hydrogen-bond acceptors (Lipinski definition) is 7. The van der Waals surface area contributed by atoms with Gasteiger partial charge in [0, 0.05) is 41.4 Å². The number of thioether (sulfide) groups is 1. The normalized spacial score (nSPS) is 22.9. The molecule has 0 saturated carbocycles. The number of nitrogens with zero attached hydrogens (tertiary/aromatic N) is 2. The summed E-state index contributed by atoms with van der Waals surface area (Å²) in [6.45, 7) is 0.922. The van der Waals surface area contributed by atoms with Crippen molar-refractivity contribution >= 4 is 88.5 Å². The molecular weight excluding hydrogens is 599 g/mol. The molecule has 2 aliphatic heterocycles. The Hall–Kier alpha value is -1.22. The smallest absolute Gasteiger partial charge is 0.269 e. The molecule has 198 valence electrons. The van der Waals surface area contributed by atoms with E-state index in [4.69, 9.17) is 27.8 Å². The summed E-state index contributed by atoms with van der Waals surface area (Å²) >= 11 is 15.5. The van der Waals surface area contributed by atoms with E-state index in [1.54, 1.807) is 18.2 Å². The Labute approximate surface area is 233 Å². The molecule has 5 rings (SSSR count). The Balaban J connectivity index is 1.64. The minimum absolute atomic E-state index is 0.0792. The molecule has 0 amide bonds. The molecule has 3 heterocycles. The fourth-order valence-electron chi connectivity index (χ4n) is 5.19. The van der Waals surface area contributed by atoms with Gasteiger partial charge in [0.1, 0.15) is 4.70 Å². The first kappa shape index (κ1) is 27.4. The SMILES string of the molecule is O=S(=O)(O)CCCC[n+]1c(C=C2Sc3ccc(Cl)cc3[N+]23CCCC3S(=O)(=O)[O-])sc2ccc(Cl)cc21. The van der Waals surface area contributed by atoms with Crippen LogP contribution in [0.15, 0.2) is 46.3 Å². The highest BCUT2D eigenvalue weighted by Gasteiger charge is 2.56. The van der Waals surface area contributed by atoms with Crippen LogP contribution in [0.25, 0.3) is 16.3 Å². The maximum absolute atomic E-state index is 12.5. The number of halogens is 2. The summed E-state index contributed by atoms with van der Waals surface area (Å²) in [7, 11) is -8.68. The number of unbranched alkanes of at least 4 members (excludes halogenated alkanes) is 1. The van der Waals surface area contributed by atoms with E-state index in [2.05, 4.69) is 0 Å². The fourth-order valence-corrected chi connectivity index (χ4v) is 9.91. The highest BCUT2D eigenvalue weighted by molar-refractivity contribution is 8.03. The zero-order valence-electron chi connectivity index (χ0n) is 19.3. The number of aromatic nitrogens is 1. The Morgan fingerprint density at radius 3 is 2.57 bits per heavy atom. The summed E-state index contributed by atoms with van der Waals surface area (Å²) in [5, 5.41) is 1.41. The average molecular weight is 623 g/mol. The number of thiazole rings is 1. The third-order valence-corrected chi connectivity index (χ3v) is 11.6. The molecule has 1 fully saturated rings. The molecule has 2 unspecified atom stereocenters. The molecular formula is C23H23Cl2N2O6S4+. The van der Waals surface area contributed by atoms with Crippen LogP contribution in [0, 0.1) is 0 Å². The summed E-state index contributed by atoms with van der Waals surface area (Å²) < 4.78 is 71.7. The van der Waals surface area contributed by atoms with E-state index in [-0.39, 0.29) is 23.1 Å². The Morgan fingerprint density at radius 1 is 1.11 bits per heavy atom. The second-order valence-electron chi connectivity index (χ2n) is 9.08. The first-order valence-corrected chi connectivity index (χ1v) is 17.0. The molecule has 2 aliphatic rings. The summed E-state index contributed by atoms with van der Waals surface area (Å²) in [6, 6.07) is 10.9. The van der Waals surface area contributed by atoms with E-state index in [0.717, 1.165) is 30.8 Å². The van der Waals surface area contributed by atoms with Gasteiger partial charge in [-0.15, -0.1) is 0 Å². The molecule has 14 heteroatoms. The van der Waals surface area contributed by atoms with Gasteiger partial charge in [0.15, 0.2) is 32.8 Å². The molecule has 1 spiro atoms. The van der Waals surface area contributed by atoms with Gasteiger partial charge in [-0.3, -0.25) is 4.55 Å². The second kappa shape index (κ2) is 10.1. The predicted octanol–water partition coefficient (Wildman–Crippen LogP) is 5.24. The van der Waals surface area contributed by atoms with E-state index < -0.39 is 25.6 Å². The van der Waals surface area contributed by atoms with Gasteiger partial charge in [0.05, 0.1) is 23.3 Å². The lowest BCUT2D eigenvalue weighted by atomic mass is 10.2. The van der Waals surface area contributed by atoms with Gasteiger partial charge in [-0.05, 0) is 42.4 Å². The van der Waals surface area contributed by atoms with Crippen molar-refractivity contribution < 1.29 is 30.5 Å². The van der Waals surface area contributed by atoms with Gasteiger partial charge >= 0.3 is 0 Å². The Morgan fingerprint density at radius 2 is 1.84 bits per heavy atom. The number of hydrogen-bond donors (Lipinski definition) is 1. The highest BCUT2D eigenvalue weighted by atomic mass is 35.5. The summed E-state index contributed by atoms with van der Waals surface area (Å²) in [4.78, 5) is 0.857. The van der Waals surface area contributed by atoms with Crippen LogP contribution in [-0.4, -0.2) is 43.6 Å². The number of aryl methyl sites for hydroxylation is 1. The van der Waals surface area contributed by atoms with Crippen LogP contribution in [0.1, 0.15) is 30.7 Å². The zero-order chi connectivity index (χ0) is 26.6. The molecule has 1 saturated heterocycles. The van der Waals surface area contributed by atoms with Crippen molar-refractivity contribution in [3.05, 3.63) is 56.5 Å². The van der Waals surface area contributed by atoms with E-state index in [1.807, 2.05) is 28.8 Å². The second-order valence-corrected chi connectivity index (χ2v) is 15.2. The molecule has 1 N–H and O–H groups in total. The van der Waals surface area contributed by atoms with Crippen LogP contribution in [0.3, 0.4) is 0 Å². The lowest BCUT2D eigenvalue weighted by molar-refractivity contribution is -0.669. The van der Waals surface area contributed by atoms with Gasteiger partial charge in [-0.1, -0.05) is 34.5 Å². The van der Waals surface area contributed by atoms with Crippen molar-refractivity contribution in [1.29, 1.82) is 0 Å². The van der Waals surface area contributed by atoms with E-state index in [9.17, 15) is 21.4 Å². The van der Waals surface area contributed by atoms with Crippen LogP contribution in [0.5, 0.6) is 0 Å². The topological polar surface area (TPSA) is 115 Å². The van der Waals surface area contributed by atoms with Crippen LogP contribution >= 0.6 is 46.3 Å². The fraction of sp³-hybridized carbons (Fsp3) is 0.348. The molecule has 3 aromatic rings. The summed E-state index contributed by atoms with van der Waals surface area (Å²) in [5.41, 5.74) is 1.58. The molecule has 1 aromatic heterocycles. The van der Waals surface area contributed by atoms with Gasteiger partial charge < -0.3 is 4.55 Å². The number of rotatable bonds is 7. The standard InChI is InChI=1S/C23H22Cl2N2O6S4/c24-15-5-7-19-17(12-15)26(9-1-2-11-36(28,29)30)21(34-19)14-22-27(10-3-4-23(27)37(31,32)33)18-13-16(25)6-8-20(18)35-22/h5-8,12-14,23H,1-4,9-11H2/p+1. The minimum Gasteiger partial charge on any atom is -0.743 e. The third-order valence-electron chi connectivity index (χ3n) is 6.72. The zero-order valence-corrected chi connectivity index (χ0v) is 24.1. The molecule has 8 nitrogen and oxygen atoms in total. The minimum atomic E-state index is -4.62. The van der Waals surface area contributed by atoms with E-state index in [0.29, 0.717) is 36.0 Å². The van der Waals surface area contributed by atoms with Crippen molar-refractivity contribution in [1.82, 2.24) is 4.48 Å². The van der Waals surface area contributed by atoms with Gasteiger partial charge in [0.2, 0.25) is 5.52 Å². The molecule has 0 radical (unpaired) electrons. The quantitative estimate of drug-likeness (QED) is 0.166. The van der Waals surface area contributed by atoms with E-state index in [1.165, 1.54) is 23.1 Å². The molecule has 37 heavy (non-hydrogen) atoms. The summed E-state index contributed by atoms with van der Waals surface area (Å²) in [5.74, 6) is -0.332.